The first kappa shape index (κ1) is 21.5. The van der Waals surface area contributed by atoms with Gasteiger partial charge in [-0.1, -0.05) is 13.8 Å². The van der Waals surface area contributed by atoms with E-state index in [-0.39, 0.29) is 5.92 Å². The third-order valence-corrected chi connectivity index (χ3v) is 4.80. The molecule has 0 spiro atoms. The Kier molecular flexibility index (Phi) is 6.40. The largest absolute Gasteiger partial charge is 0.461 e. The van der Waals surface area contributed by atoms with Crippen molar-refractivity contribution in [2.75, 3.05) is 18.2 Å². The van der Waals surface area contributed by atoms with Crippen molar-refractivity contribution >= 4 is 23.4 Å². The molecule has 1 aromatic heterocycles. The van der Waals surface area contributed by atoms with Gasteiger partial charge in [-0.25, -0.2) is 13.6 Å². The van der Waals surface area contributed by atoms with E-state index in [4.69, 9.17) is 32.5 Å². The molecule has 0 saturated carbocycles. The molecule has 0 aliphatic carbocycles. The summed E-state index contributed by atoms with van der Waals surface area (Å²) in [5.41, 5.74) is 7.91. The second kappa shape index (κ2) is 8.05. The molecule has 9 nitrogen and oxygen atoms in total. The summed E-state index contributed by atoms with van der Waals surface area (Å²) in [5, 5.41) is 10.3. The molecule has 5 N–H and O–H groups in total. The van der Waals surface area contributed by atoms with Gasteiger partial charge in [0, 0.05) is 0 Å². The monoisotopic (exact) mass is 410 g/mol. The van der Waals surface area contributed by atoms with E-state index in [2.05, 4.69) is 4.98 Å². The smallest absolute Gasteiger partial charge is 0.351 e. The number of aliphatic hydroxyl groups is 1. The van der Waals surface area contributed by atoms with Crippen LogP contribution in [0.5, 0.6) is 0 Å². The zero-order chi connectivity index (χ0) is 20.5. The second-order valence-corrected chi connectivity index (χ2v) is 6.90. The standard InChI is InChI=1S/C15H21ClF2N4O5/c1-6(2)9(19)13(24)26-5-15(4-16)10(23)8(18)12(27-15)22-3-7(17)11(20)21-14(22)25/h3,6,8-10,12,23H,4-5,19H2,1-2H3,(H2,20,21,25)/t8-,9-,10-,12+,15+/m0/s1. The molecule has 1 aliphatic heterocycles. The Morgan fingerprint density at radius 3 is 2.78 bits per heavy atom. The Morgan fingerprint density at radius 2 is 2.22 bits per heavy atom. The number of esters is 1. The van der Waals surface area contributed by atoms with E-state index in [0.717, 1.165) is 0 Å². The molecule has 0 radical (unpaired) electrons. The normalized spacial score (nSPS) is 29.1. The summed E-state index contributed by atoms with van der Waals surface area (Å²) < 4.78 is 39.2. The number of hydrogen-bond donors (Lipinski definition) is 3. The van der Waals surface area contributed by atoms with Gasteiger partial charge in [0.2, 0.25) is 0 Å². The minimum absolute atomic E-state index is 0.219. The average Bonchev–Trinajstić information content (AvgIpc) is 2.87. The number of nitrogens with zero attached hydrogens (tertiary/aromatic N) is 2. The van der Waals surface area contributed by atoms with E-state index in [1.807, 2.05) is 0 Å². The van der Waals surface area contributed by atoms with Crippen LogP contribution >= 0.6 is 11.6 Å². The third kappa shape index (κ3) is 4.05. The summed E-state index contributed by atoms with van der Waals surface area (Å²) in [7, 11) is 0. The maximum atomic E-state index is 14.6. The highest BCUT2D eigenvalue weighted by atomic mass is 35.5. The van der Waals surface area contributed by atoms with Gasteiger partial charge < -0.3 is 26.0 Å². The van der Waals surface area contributed by atoms with Crippen molar-refractivity contribution in [3.8, 4) is 0 Å². The Bertz CT molecular complexity index is 764. The number of hydrogen-bond acceptors (Lipinski definition) is 8. The number of alkyl halides is 2. The van der Waals surface area contributed by atoms with Crippen molar-refractivity contribution in [3.63, 3.8) is 0 Å². The highest BCUT2D eigenvalue weighted by Crippen LogP contribution is 2.39. The quantitative estimate of drug-likeness (QED) is 0.428. The van der Waals surface area contributed by atoms with Gasteiger partial charge in [0.15, 0.2) is 24.0 Å². The molecule has 27 heavy (non-hydrogen) atoms. The van der Waals surface area contributed by atoms with Crippen LogP contribution in [0.15, 0.2) is 11.0 Å². The van der Waals surface area contributed by atoms with Gasteiger partial charge >= 0.3 is 11.7 Å². The number of nitrogen functional groups attached to an aromatic ring is 1. The fourth-order valence-corrected chi connectivity index (χ4v) is 2.80. The van der Waals surface area contributed by atoms with Gasteiger partial charge in [-0.2, -0.15) is 4.98 Å². The van der Waals surface area contributed by atoms with Gasteiger partial charge in [-0.15, -0.1) is 11.6 Å². The van der Waals surface area contributed by atoms with E-state index in [1.165, 1.54) is 0 Å². The Hall–Kier alpha value is -1.82. The molecule has 1 saturated heterocycles. The maximum Gasteiger partial charge on any atom is 0.351 e. The molecule has 1 aromatic rings. The molecule has 0 unspecified atom stereocenters. The number of aliphatic hydroxyl groups excluding tert-OH is 1. The van der Waals surface area contributed by atoms with Crippen molar-refractivity contribution in [3.05, 3.63) is 22.5 Å². The zero-order valence-electron chi connectivity index (χ0n) is 14.6. The lowest BCUT2D eigenvalue weighted by Gasteiger charge is -2.29. The summed E-state index contributed by atoms with van der Waals surface area (Å²) in [6.45, 7) is 2.78. The van der Waals surface area contributed by atoms with Crippen molar-refractivity contribution in [2.24, 2.45) is 11.7 Å². The Morgan fingerprint density at radius 1 is 1.59 bits per heavy atom. The predicted molar refractivity (Wildman–Crippen MR) is 91.1 cm³/mol. The molecule has 1 aliphatic rings. The van der Waals surface area contributed by atoms with Gasteiger partial charge in [-0.3, -0.25) is 9.36 Å². The highest BCUT2D eigenvalue weighted by Gasteiger charge is 2.57. The first-order valence-corrected chi connectivity index (χ1v) is 8.60. The van der Waals surface area contributed by atoms with E-state index in [9.17, 15) is 23.5 Å². The number of rotatable bonds is 6. The van der Waals surface area contributed by atoms with Crippen LogP contribution in [0.1, 0.15) is 20.1 Å². The van der Waals surface area contributed by atoms with Crippen LogP contribution in [0, 0.1) is 11.7 Å². The lowest BCUT2D eigenvalue weighted by molar-refractivity contribution is -0.164. The van der Waals surface area contributed by atoms with Gasteiger partial charge in [0.1, 0.15) is 24.4 Å². The zero-order valence-corrected chi connectivity index (χ0v) is 15.4. The number of carbonyl (C=O) groups is 1. The van der Waals surface area contributed by atoms with Crippen molar-refractivity contribution in [1.29, 1.82) is 0 Å². The lowest BCUT2D eigenvalue weighted by atomic mass is 9.98. The van der Waals surface area contributed by atoms with Crippen LogP contribution in [0.2, 0.25) is 0 Å². The number of aromatic nitrogens is 2. The summed E-state index contributed by atoms with van der Waals surface area (Å²) in [6.07, 6.45) is -5.18. The number of anilines is 1. The van der Waals surface area contributed by atoms with Crippen LogP contribution in [0.25, 0.3) is 0 Å². The van der Waals surface area contributed by atoms with E-state index >= 15 is 0 Å². The van der Waals surface area contributed by atoms with E-state index in [0.29, 0.717) is 10.8 Å². The predicted octanol–water partition coefficient (Wildman–Crippen LogP) is -0.303. The molecule has 2 rings (SSSR count). The fraction of sp³-hybridized carbons (Fsp3) is 0.667. The van der Waals surface area contributed by atoms with Crippen molar-refractivity contribution in [1.82, 2.24) is 9.55 Å². The van der Waals surface area contributed by atoms with E-state index < -0.39 is 65.9 Å². The number of nitrogens with two attached hydrogens (primary N) is 2. The molecule has 0 bridgehead atoms. The van der Waals surface area contributed by atoms with Crippen LogP contribution in [0.4, 0.5) is 14.6 Å². The highest BCUT2D eigenvalue weighted by molar-refractivity contribution is 6.18. The second-order valence-electron chi connectivity index (χ2n) is 6.64. The van der Waals surface area contributed by atoms with Gasteiger partial charge in [0.05, 0.1) is 12.1 Å². The average molecular weight is 411 g/mol. The number of carbonyl (C=O) groups excluding carboxylic acids is 1. The van der Waals surface area contributed by atoms with Crippen LogP contribution in [-0.2, 0) is 14.3 Å². The Balaban J connectivity index is 2.26. The molecule has 5 atom stereocenters. The summed E-state index contributed by atoms with van der Waals surface area (Å²) in [5.74, 6) is -3.22. The molecule has 152 valence electrons. The first-order chi connectivity index (χ1) is 12.5. The van der Waals surface area contributed by atoms with Crippen molar-refractivity contribution in [2.45, 2.75) is 44.0 Å². The minimum Gasteiger partial charge on any atom is -0.461 e. The molecule has 0 amide bonds. The minimum atomic E-state index is -2.18. The summed E-state index contributed by atoms with van der Waals surface area (Å²) in [6, 6.07) is -0.939. The third-order valence-electron chi connectivity index (χ3n) is 4.35. The maximum absolute atomic E-state index is 14.6. The molecular formula is C15H21ClF2N4O5. The van der Waals surface area contributed by atoms with Crippen LogP contribution in [-0.4, -0.2) is 57.0 Å². The SMILES string of the molecule is CC(C)[C@H](N)C(=O)OC[C@@]1(CCl)O[C@@H](n2cc(F)c(N)nc2=O)[C@@H](F)[C@@H]1O. The lowest BCUT2D eigenvalue weighted by Crippen LogP contribution is -2.50. The fourth-order valence-electron chi connectivity index (χ4n) is 2.50. The summed E-state index contributed by atoms with van der Waals surface area (Å²) >= 11 is 5.83. The number of ether oxygens (including phenoxy) is 2. The van der Waals surface area contributed by atoms with E-state index in [1.54, 1.807) is 13.8 Å². The van der Waals surface area contributed by atoms with Crippen molar-refractivity contribution < 1.29 is 28.2 Å². The molecule has 0 aromatic carbocycles. The molecule has 2 heterocycles. The first-order valence-electron chi connectivity index (χ1n) is 8.06. The Labute approximate surface area is 158 Å². The molecule has 1 fully saturated rings. The molecule has 12 heteroatoms. The topological polar surface area (TPSA) is 143 Å². The van der Waals surface area contributed by atoms with Crippen LogP contribution < -0.4 is 17.2 Å². The summed E-state index contributed by atoms with van der Waals surface area (Å²) in [4.78, 5) is 27.0. The molecular weight excluding hydrogens is 390 g/mol. The van der Waals surface area contributed by atoms with Gasteiger partial charge in [-0.05, 0) is 5.92 Å². The van der Waals surface area contributed by atoms with Gasteiger partial charge in [0.25, 0.3) is 0 Å². The van der Waals surface area contributed by atoms with Crippen LogP contribution in [0.3, 0.4) is 0 Å². The number of halogens is 3.